The summed E-state index contributed by atoms with van der Waals surface area (Å²) in [5, 5.41) is 12.4. The molecule has 0 aliphatic carbocycles. The summed E-state index contributed by atoms with van der Waals surface area (Å²) in [5.41, 5.74) is 2.69. The van der Waals surface area contributed by atoms with E-state index >= 15 is 0 Å². The van der Waals surface area contributed by atoms with E-state index in [1.165, 1.54) is 11.3 Å². The molecule has 2 rings (SSSR count). The molecule has 1 aliphatic rings. The largest absolute Gasteiger partial charge is 0.366 e. The molecule has 1 N–H and O–H groups in total. The van der Waals surface area contributed by atoms with Crippen LogP contribution >= 0.6 is 0 Å². The number of hydrogen-bond donors (Lipinski definition) is 1. The lowest BCUT2D eigenvalue weighted by molar-refractivity contribution is 0.596. The van der Waals surface area contributed by atoms with Crippen LogP contribution in [0.15, 0.2) is 24.3 Å². The van der Waals surface area contributed by atoms with Crippen molar-refractivity contribution in [3.05, 3.63) is 29.8 Å². The van der Waals surface area contributed by atoms with E-state index < -0.39 is 0 Å². The highest BCUT2D eigenvalue weighted by Crippen LogP contribution is 2.25. The summed E-state index contributed by atoms with van der Waals surface area (Å²) in [7, 11) is 0. The molecule has 0 amide bonds. The van der Waals surface area contributed by atoms with Gasteiger partial charge in [-0.3, -0.25) is 0 Å². The summed E-state index contributed by atoms with van der Waals surface area (Å²) < 4.78 is 0. The Morgan fingerprint density at radius 3 is 3.06 bits per heavy atom. The Hall–Kier alpha value is -1.53. The van der Waals surface area contributed by atoms with Crippen LogP contribution in [0.25, 0.3) is 0 Å². The van der Waals surface area contributed by atoms with E-state index in [9.17, 15) is 0 Å². The second-order valence-corrected chi connectivity index (χ2v) is 4.75. The van der Waals surface area contributed by atoms with Crippen molar-refractivity contribution in [2.24, 2.45) is 0 Å². The number of nitrogens with zero attached hydrogens (tertiary/aromatic N) is 2. The monoisotopic (exact) mass is 243 g/mol. The van der Waals surface area contributed by atoms with Gasteiger partial charge in [-0.05, 0) is 31.0 Å². The molecular formula is C15H21N3. The first-order chi connectivity index (χ1) is 8.86. The van der Waals surface area contributed by atoms with E-state index in [1.54, 1.807) is 0 Å². The van der Waals surface area contributed by atoms with Gasteiger partial charge in [-0.15, -0.1) is 0 Å². The highest BCUT2D eigenvalue weighted by atomic mass is 15.2. The minimum Gasteiger partial charge on any atom is -0.366 e. The van der Waals surface area contributed by atoms with Crippen molar-refractivity contribution in [3.8, 4) is 6.07 Å². The first kappa shape index (κ1) is 12.9. The molecule has 1 heterocycles. The third-order valence-electron chi connectivity index (χ3n) is 3.58. The molecule has 3 heteroatoms. The van der Waals surface area contributed by atoms with E-state index in [2.05, 4.69) is 47.5 Å². The third-order valence-corrected chi connectivity index (χ3v) is 3.58. The van der Waals surface area contributed by atoms with E-state index in [1.807, 2.05) is 0 Å². The maximum Gasteiger partial charge on any atom is 0.0643 e. The van der Waals surface area contributed by atoms with Gasteiger partial charge >= 0.3 is 0 Å². The molecule has 18 heavy (non-hydrogen) atoms. The Morgan fingerprint density at radius 1 is 1.44 bits per heavy atom. The summed E-state index contributed by atoms with van der Waals surface area (Å²) in [5.74, 6) is 0. The van der Waals surface area contributed by atoms with E-state index in [0.29, 0.717) is 12.5 Å². The molecular weight excluding hydrogens is 222 g/mol. The van der Waals surface area contributed by atoms with Crippen molar-refractivity contribution in [1.29, 1.82) is 5.26 Å². The summed E-state index contributed by atoms with van der Waals surface area (Å²) in [6.07, 6.45) is 2.77. The van der Waals surface area contributed by atoms with Crippen LogP contribution in [0.3, 0.4) is 0 Å². The Morgan fingerprint density at radius 2 is 2.28 bits per heavy atom. The Bertz CT molecular complexity index is 422. The number of rotatable bonds is 3. The van der Waals surface area contributed by atoms with Crippen LogP contribution in [0.4, 0.5) is 5.69 Å². The molecule has 1 aliphatic heterocycles. The number of nitriles is 1. The van der Waals surface area contributed by atoms with Crippen LogP contribution in [-0.2, 0) is 6.42 Å². The number of benzene rings is 1. The van der Waals surface area contributed by atoms with Crippen LogP contribution in [0.1, 0.15) is 25.3 Å². The van der Waals surface area contributed by atoms with Crippen LogP contribution in [0, 0.1) is 11.3 Å². The molecule has 0 aromatic heterocycles. The quantitative estimate of drug-likeness (QED) is 0.885. The maximum atomic E-state index is 9.00. The molecule has 96 valence electrons. The number of anilines is 1. The molecule has 1 saturated heterocycles. The van der Waals surface area contributed by atoms with E-state index in [4.69, 9.17) is 5.26 Å². The molecule has 0 radical (unpaired) electrons. The van der Waals surface area contributed by atoms with Crippen LogP contribution in [0.5, 0.6) is 0 Å². The molecule has 0 bridgehead atoms. The van der Waals surface area contributed by atoms with Crippen LogP contribution in [0.2, 0.25) is 0 Å². The standard InChI is InChI=1S/C15H21N3/c1-2-13-6-3-4-7-15(13)18-11-5-10-17-12-14(18)8-9-16/h3-4,6-7,14,17H,2,5,8,10-12H2,1H3. The zero-order valence-corrected chi connectivity index (χ0v) is 11.0. The average Bonchev–Trinajstić information content (AvgIpc) is 2.65. The molecule has 0 saturated carbocycles. The van der Waals surface area contributed by atoms with Gasteiger partial charge in [-0.25, -0.2) is 0 Å². The summed E-state index contributed by atoms with van der Waals surface area (Å²) in [4.78, 5) is 2.42. The third kappa shape index (κ3) is 2.83. The second kappa shape index (κ2) is 6.42. The van der Waals surface area contributed by atoms with Gasteiger partial charge in [-0.1, -0.05) is 25.1 Å². The molecule has 1 unspecified atom stereocenters. The molecule has 1 fully saturated rings. The number of aryl methyl sites for hydroxylation is 1. The van der Waals surface area contributed by atoms with Crippen LogP contribution in [-0.4, -0.2) is 25.7 Å². The predicted molar refractivity (Wildman–Crippen MR) is 74.7 cm³/mol. The van der Waals surface area contributed by atoms with Crippen molar-refractivity contribution in [2.45, 2.75) is 32.2 Å². The van der Waals surface area contributed by atoms with Gasteiger partial charge in [0, 0.05) is 18.8 Å². The zero-order valence-electron chi connectivity index (χ0n) is 11.0. The van der Waals surface area contributed by atoms with Crippen molar-refractivity contribution in [3.63, 3.8) is 0 Å². The molecule has 1 aromatic carbocycles. The van der Waals surface area contributed by atoms with Gasteiger partial charge in [-0.2, -0.15) is 5.26 Å². The van der Waals surface area contributed by atoms with E-state index in [-0.39, 0.29) is 0 Å². The smallest absolute Gasteiger partial charge is 0.0643 e. The number of para-hydroxylation sites is 1. The number of nitrogens with one attached hydrogen (secondary N) is 1. The molecule has 3 nitrogen and oxygen atoms in total. The minimum absolute atomic E-state index is 0.296. The summed E-state index contributed by atoms with van der Waals surface area (Å²) in [6.45, 7) is 5.18. The van der Waals surface area contributed by atoms with Gasteiger partial charge in [0.15, 0.2) is 0 Å². The normalized spacial score (nSPS) is 20.2. The first-order valence-corrected chi connectivity index (χ1v) is 6.79. The lowest BCUT2D eigenvalue weighted by Gasteiger charge is -2.32. The van der Waals surface area contributed by atoms with Gasteiger partial charge in [0.25, 0.3) is 0 Å². The van der Waals surface area contributed by atoms with Crippen molar-refractivity contribution < 1.29 is 0 Å². The highest BCUT2D eigenvalue weighted by Gasteiger charge is 2.22. The average molecular weight is 243 g/mol. The SMILES string of the molecule is CCc1ccccc1N1CCCNCC1CC#N. The Kier molecular flexibility index (Phi) is 4.60. The minimum atomic E-state index is 0.296. The van der Waals surface area contributed by atoms with Crippen LogP contribution < -0.4 is 10.2 Å². The lowest BCUT2D eigenvalue weighted by Crippen LogP contribution is -2.40. The van der Waals surface area contributed by atoms with Gasteiger partial charge in [0.2, 0.25) is 0 Å². The van der Waals surface area contributed by atoms with E-state index in [0.717, 1.165) is 32.5 Å². The fraction of sp³-hybridized carbons (Fsp3) is 0.533. The first-order valence-electron chi connectivity index (χ1n) is 6.79. The zero-order chi connectivity index (χ0) is 12.8. The fourth-order valence-electron chi connectivity index (χ4n) is 2.63. The highest BCUT2D eigenvalue weighted by molar-refractivity contribution is 5.54. The molecule has 0 spiro atoms. The van der Waals surface area contributed by atoms with Gasteiger partial charge in [0.1, 0.15) is 0 Å². The molecule has 1 aromatic rings. The Labute approximate surface area is 109 Å². The summed E-state index contributed by atoms with van der Waals surface area (Å²) in [6, 6.07) is 11.2. The number of hydrogen-bond acceptors (Lipinski definition) is 3. The topological polar surface area (TPSA) is 39.1 Å². The summed E-state index contributed by atoms with van der Waals surface area (Å²) >= 11 is 0. The fourth-order valence-corrected chi connectivity index (χ4v) is 2.63. The maximum absolute atomic E-state index is 9.00. The van der Waals surface area contributed by atoms with Crippen molar-refractivity contribution in [2.75, 3.05) is 24.5 Å². The van der Waals surface area contributed by atoms with Crippen molar-refractivity contribution >= 4 is 5.69 Å². The van der Waals surface area contributed by atoms with Gasteiger partial charge in [0.05, 0.1) is 18.5 Å². The lowest BCUT2D eigenvalue weighted by atomic mass is 10.1. The predicted octanol–water partition coefficient (Wildman–Crippen LogP) is 2.33. The molecule has 1 atom stereocenters. The second-order valence-electron chi connectivity index (χ2n) is 4.75. The Balaban J connectivity index is 2.29. The van der Waals surface area contributed by atoms with Crippen molar-refractivity contribution in [1.82, 2.24) is 5.32 Å². The van der Waals surface area contributed by atoms with Gasteiger partial charge < -0.3 is 10.2 Å².